The molecule has 0 fully saturated rings. The summed E-state index contributed by atoms with van der Waals surface area (Å²) in [5.41, 5.74) is 5.09. The standard InChI is InChI=1S/C18H15I2P3/c19-17-7-10(11-5-13(22)8-14(23)6-11)1-3-15(17)16-4-2-12(21)9-18(16)20/h1-9H,21-23H2. The lowest BCUT2D eigenvalue weighted by Crippen LogP contribution is -2.01. The lowest BCUT2D eigenvalue weighted by molar-refractivity contribution is 1.56. The Morgan fingerprint density at radius 1 is 0.522 bits per heavy atom. The molecule has 0 nitrogen and oxygen atoms in total. The van der Waals surface area contributed by atoms with Crippen molar-refractivity contribution >= 4 is 88.8 Å². The van der Waals surface area contributed by atoms with Gasteiger partial charge in [-0.3, -0.25) is 0 Å². The number of hydrogen-bond donors (Lipinski definition) is 0. The number of hydrogen-bond acceptors (Lipinski definition) is 0. The molecule has 0 radical (unpaired) electrons. The highest BCUT2D eigenvalue weighted by molar-refractivity contribution is 14.1. The zero-order valence-corrected chi connectivity index (χ0v) is 20.0. The molecule has 0 aliphatic heterocycles. The molecule has 3 aromatic carbocycles. The minimum Gasteiger partial charge on any atom is -0.106 e. The maximum atomic E-state index is 2.78. The Morgan fingerprint density at radius 2 is 1.09 bits per heavy atom. The van der Waals surface area contributed by atoms with E-state index in [1.54, 1.807) is 0 Å². The van der Waals surface area contributed by atoms with Crippen molar-refractivity contribution in [3.05, 3.63) is 61.7 Å². The monoisotopic (exact) mass is 578 g/mol. The van der Waals surface area contributed by atoms with Crippen molar-refractivity contribution in [2.75, 3.05) is 0 Å². The molecule has 3 aromatic rings. The summed E-state index contributed by atoms with van der Waals surface area (Å²) in [4.78, 5) is 0. The maximum absolute atomic E-state index is 2.78. The second-order valence-electron chi connectivity index (χ2n) is 5.32. The van der Waals surface area contributed by atoms with E-state index in [-0.39, 0.29) is 0 Å². The van der Waals surface area contributed by atoms with Gasteiger partial charge in [-0.05, 0) is 114 Å². The summed E-state index contributed by atoms with van der Waals surface area (Å²) in [6.45, 7) is 0. The summed E-state index contributed by atoms with van der Waals surface area (Å²) >= 11 is 4.85. The van der Waals surface area contributed by atoms with E-state index in [0.29, 0.717) is 0 Å². The summed E-state index contributed by atoms with van der Waals surface area (Å²) in [6, 6.07) is 19.8. The molecule has 5 heteroatoms. The van der Waals surface area contributed by atoms with E-state index in [1.165, 1.54) is 45.3 Å². The molecule has 0 spiro atoms. The van der Waals surface area contributed by atoms with Crippen LogP contribution < -0.4 is 15.9 Å². The lowest BCUT2D eigenvalue weighted by Gasteiger charge is -2.11. The predicted octanol–water partition coefficient (Wildman–Crippen LogP) is 4.73. The molecule has 3 rings (SSSR count). The SMILES string of the molecule is Pc1cc(P)cc(-c2ccc(-c3ccc(P)cc3I)c(I)c2)c1. The summed E-state index contributed by atoms with van der Waals surface area (Å²) < 4.78 is 2.55. The first-order chi connectivity index (χ1) is 10.9. The smallest absolute Gasteiger partial charge is 0.0215 e. The van der Waals surface area contributed by atoms with E-state index in [9.17, 15) is 0 Å². The second-order valence-corrected chi connectivity index (χ2v) is 9.65. The van der Waals surface area contributed by atoms with Crippen LogP contribution in [0, 0.1) is 7.14 Å². The fourth-order valence-electron chi connectivity index (χ4n) is 2.51. The van der Waals surface area contributed by atoms with E-state index >= 15 is 0 Å². The van der Waals surface area contributed by atoms with Gasteiger partial charge in [0.15, 0.2) is 0 Å². The third-order valence-electron chi connectivity index (χ3n) is 3.56. The highest BCUT2D eigenvalue weighted by atomic mass is 127. The normalized spacial score (nSPS) is 10.8. The van der Waals surface area contributed by atoms with Gasteiger partial charge in [-0.25, -0.2) is 0 Å². The van der Waals surface area contributed by atoms with E-state index in [1.807, 2.05) is 0 Å². The topological polar surface area (TPSA) is 0 Å². The van der Waals surface area contributed by atoms with E-state index < -0.39 is 0 Å². The molecule has 0 heterocycles. The first-order valence-electron chi connectivity index (χ1n) is 6.95. The first-order valence-corrected chi connectivity index (χ1v) is 10.8. The third kappa shape index (κ3) is 4.33. The molecule has 0 aromatic heterocycles. The predicted molar refractivity (Wildman–Crippen MR) is 131 cm³/mol. The van der Waals surface area contributed by atoms with Crippen molar-refractivity contribution in [1.82, 2.24) is 0 Å². The zero-order chi connectivity index (χ0) is 16.6. The lowest BCUT2D eigenvalue weighted by atomic mass is 10.0. The Hall–Kier alpha value is 0.410. The molecule has 3 unspecified atom stereocenters. The quantitative estimate of drug-likeness (QED) is 0.305. The largest absolute Gasteiger partial charge is 0.106 e. The Morgan fingerprint density at radius 3 is 1.65 bits per heavy atom. The van der Waals surface area contributed by atoms with Crippen LogP contribution in [0.2, 0.25) is 0 Å². The minimum atomic E-state index is 1.21. The van der Waals surface area contributed by atoms with Gasteiger partial charge >= 0.3 is 0 Å². The van der Waals surface area contributed by atoms with Crippen LogP contribution >= 0.6 is 72.9 Å². The fourth-order valence-corrected chi connectivity index (χ4v) is 5.68. The molecule has 0 N–H and O–H groups in total. The van der Waals surface area contributed by atoms with Crippen LogP contribution in [0.3, 0.4) is 0 Å². The molecule has 23 heavy (non-hydrogen) atoms. The average Bonchev–Trinajstić information content (AvgIpc) is 2.47. The summed E-state index contributed by atoms with van der Waals surface area (Å²) in [5.74, 6) is 0. The van der Waals surface area contributed by atoms with Crippen molar-refractivity contribution in [1.29, 1.82) is 0 Å². The fraction of sp³-hybridized carbons (Fsp3) is 0. The Balaban J connectivity index is 2.07. The number of rotatable bonds is 2. The molecule has 3 atom stereocenters. The Bertz CT molecular complexity index is 871. The number of halogens is 2. The van der Waals surface area contributed by atoms with Gasteiger partial charge in [0.05, 0.1) is 0 Å². The average molecular weight is 578 g/mol. The Kier molecular flexibility index (Phi) is 6.13. The van der Waals surface area contributed by atoms with Gasteiger partial charge < -0.3 is 0 Å². The van der Waals surface area contributed by atoms with Crippen LogP contribution in [0.15, 0.2) is 54.6 Å². The van der Waals surface area contributed by atoms with Gasteiger partial charge in [-0.15, -0.1) is 27.7 Å². The van der Waals surface area contributed by atoms with Crippen molar-refractivity contribution < 1.29 is 0 Å². The van der Waals surface area contributed by atoms with Crippen molar-refractivity contribution in [3.63, 3.8) is 0 Å². The van der Waals surface area contributed by atoms with E-state index in [4.69, 9.17) is 0 Å². The molecular weight excluding hydrogens is 563 g/mol. The minimum absolute atomic E-state index is 1.21. The van der Waals surface area contributed by atoms with Crippen LogP contribution in [0.4, 0.5) is 0 Å². The molecule has 0 saturated carbocycles. The van der Waals surface area contributed by atoms with E-state index in [0.717, 1.165) is 0 Å². The van der Waals surface area contributed by atoms with Crippen LogP contribution in [-0.2, 0) is 0 Å². The summed E-state index contributed by atoms with van der Waals surface area (Å²) in [5, 5.41) is 3.63. The Labute approximate surface area is 171 Å². The molecule has 0 saturated heterocycles. The van der Waals surface area contributed by atoms with E-state index in [2.05, 4.69) is 127 Å². The zero-order valence-electron chi connectivity index (χ0n) is 12.2. The van der Waals surface area contributed by atoms with Crippen LogP contribution in [0.25, 0.3) is 22.3 Å². The third-order valence-corrected chi connectivity index (χ3v) is 6.37. The number of benzene rings is 3. The highest BCUT2D eigenvalue weighted by Gasteiger charge is 2.09. The molecule has 0 aliphatic carbocycles. The van der Waals surface area contributed by atoms with Gasteiger partial charge in [0.1, 0.15) is 0 Å². The summed E-state index contributed by atoms with van der Waals surface area (Å²) in [6.07, 6.45) is 0. The molecular formula is C18H15I2P3. The van der Waals surface area contributed by atoms with Crippen molar-refractivity contribution in [3.8, 4) is 22.3 Å². The van der Waals surface area contributed by atoms with Crippen LogP contribution in [-0.4, -0.2) is 0 Å². The van der Waals surface area contributed by atoms with Crippen molar-refractivity contribution in [2.45, 2.75) is 0 Å². The summed E-state index contributed by atoms with van der Waals surface area (Å²) in [7, 11) is 8.32. The maximum Gasteiger partial charge on any atom is 0.0215 e. The first kappa shape index (κ1) is 18.2. The molecule has 116 valence electrons. The highest BCUT2D eigenvalue weighted by Crippen LogP contribution is 2.32. The molecule has 0 amide bonds. The van der Waals surface area contributed by atoms with Crippen molar-refractivity contribution in [2.24, 2.45) is 0 Å². The molecule has 0 aliphatic rings. The van der Waals surface area contributed by atoms with Gasteiger partial charge in [0, 0.05) is 7.14 Å². The molecule has 0 bridgehead atoms. The van der Waals surface area contributed by atoms with Gasteiger partial charge in [-0.1, -0.05) is 24.3 Å². The van der Waals surface area contributed by atoms with Gasteiger partial charge in [0.25, 0.3) is 0 Å². The van der Waals surface area contributed by atoms with Gasteiger partial charge in [0.2, 0.25) is 0 Å². The second kappa shape index (κ2) is 7.75. The van der Waals surface area contributed by atoms with Gasteiger partial charge in [-0.2, -0.15) is 0 Å². The van der Waals surface area contributed by atoms with Crippen LogP contribution in [0.1, 0.15) is 0 Å². The van der Waals surface area contributed by atoms with Crippen LogP contribution in [0.5, 0.6) is 0 Å².